The zero-order valence-electron chi connectivity index (χ0n) is 7.72. The van der Waals surface area contributed by atoms with Crippen molar-refractivity contribution < 1.29 is 9.90 Å². The Kier molecular flexibility index (Phi) is 5.14. The summed E-state index contributed by atoms with van der Waals surface area (Å²) in [6, 6.07) is -0.196. The third-order valence-electron chi connectivity index (χ3n) is 1.56. The summed E-state index contributed by atoms with van der Waals surface area (Å²) in [6.07, 6.45) is 0. The number of rotatable bonds is 3. The van der Waals surface area contributed by atoms with E-state index in [2.05, 4.69) is 17.2 Å². The van der Waals surface area contributed by atoms with Crippen LogP contribution >= 0.6 is 0 Å². The molecule has 0 aliphatic rings. The van der Waals surface area contributed by atoms with Crippen LogP contribution in [0.2, 0.25) is 0 Å². The number of carbonyl (C=O) groups excluding carboxylic acids is 1. The summed E-state index contributed by atoms with van der Waals surface area (Å²) in [4.78, 5) is 10.9. The van der Waals surface area contributed by atoms with Gasteiger partial charge < -0.3 is 10.4 Å². The molecular weight excluding hydrogens is 154 g/mol. The van der Waals surface area contributed by atoms with Crippen LogP contribution in [0.5, 0.6) is 0 Å². The summed E-state index contributed by atoms with van der Waals surface area (Å²) >= 11 is 0. The lowest BCUT2D eigenvalue weighted by Gasteiger charge is -2.17. The second kappa shape index (κ2) is 5.62. The van der Waals surface area contributed by atoms with Gasteiger partial charge in [-0.1, -0.05) is 19.8 Å². The Balaban J connectivity index is 4.00. The monoisotopic (exact) mass is 169 g/mol. The number of hydrogen-bond acceptors (Lipinski definition) is 2. The lowest BCUT2D eigenvalue weighted by molar-refractivity contribution is -0.117. The van der Waals surface area contributed by atoms with Gasteiger partial charge in [0.15, 0.2) is 0 Å². The van der Waals surface area contributed by atoms with Gasteiger partial charge in [-0.25, -0.2) is 0 Å². The standard InChI is InChI=1S/C9H15NO2/c1-4-5-9(12)10-8(6-11)7(2)3/h7-8,11H,6H2,1-3H3,(H,10,12). The van der Waals surface area contributed by atoms with Crippen molar-refractivity contribution in [2.45, 2.75) is 26.8 Å². The van der Waals surface area contributed by atoms with Gasteiger partial charge in [-0.05, 0) is 18.8 Å². The molecule has 12 heavy (non-hydrogen) atoms. The molecule has 0 heterocycles. The zero-order valence-corrected chi connectivity index (χ0v) is 7.72. The summed E-state index contributed by atoms with van der Waals surface area (Å²) in [7, 11) is 0. The van der Waals surface area contributed by atoms with E-state index in [1.165, 1.54) is 0 Å². The summed E-state index contributed by atoms with van der Waals surface area (Å²) < 4.78 is 0. The second-order valence-electron chi connectivity index (χ2n) is 2.88. The van der Waals surface area contributed by atoms with Crippen molar-refractivity contribution in [2.75, 3.05) is 6.61 Å². The molecule has 0 aliphatic heterocycles. The quantitative estimate of drug-likeness (QED) is 0.590. The minimum atomic E-state index is -0.328. The topological polar surface area (TPSA) is 49.3 Å². The smallest absolute Gasteiger partial charge is 0.296 e. The minimum Gasteiger partial charge on any atom is -0.394 e. The van der Waals surface area contributed by atoms with Gasteiger partial charge in [0.2, 0.25) is 0 Å². The van der Waals surface area contributed by atoms with Gasteiger partial charge >= 0.3 is 0 Å². The van der Waals surface area contributed by atoms with Crippen LogP contribution in [-0.4, -0.2) is 23.7 Å². The average Bonchev–Trinajstić information content (AvgIpc) is 2.00. The maximum atomic E-state index is 10.9. The van der Waals surface area contributed by atoms with Crippen molar-refractivity contribution in [3.63, 3.8) is 0 Å². The van der Waals surface area contributed by atoms with Gasteiger partial charge in [-0.3, -0.25) is 4.79 Å². The van der Waals surface area contributed by atoms with Gasteiger partial charge in [0.25, 0.3) is 5.91 Å². The molecule has 1 amide bonds. The number of aliphatic hydroxyl groups is 1. The fourth-order valence-electron chi connectivity index (χ4n) is 0.741. The van der Waals surface area contributed by atoms with Crippen molar-refractivity contribution in [3.05, 3.63) is 0 Å². The highest BCUT2D eigenvalue weighted by Crippen LogP contribution is 1.99. The van der Waals surface area contributed by atoms with Gasteiger partial charge in [0, 0.05) is 0 Å². The summed E-state index contributed by atoms with van der Waals surface area (Å²) in [5.41, 5.74) is 0. The van der Waals surface area contributed by atoms with E-state index in [1.807, 2.05) is 13.8 Å². The molecule has 1 atom stereocenters. The minimum absolute atomic E-state index is 0.0468. The molecule has 3 heteroatoms. The van der Waals surface area contributed by atoms with Crippen LogP contribution in [0.1, 0.15) is 20.8 Å². The van der Waals surface area contributed by atoms with Gasteiger partial charge in [-0.15, -0.1) is 0 Å². The first-order chi connectivity index (χ1) is 5.61. The highest BCUT2D eigenvalue weighted by molar-refractivity contribution is 5.93. The molecule has 68 valence electrons. The van der Waals surface area contributed by atoms with Crippen molar-refractivity contribution in [3.8, 4) is 11.8 Å². The Morgan fingerprint density at radius 1 is 1.58 bits per heavy atom. The van der Waals surface area contributed by atoms with E-state index in [-0.39, 0.29) is 24.5 Å². The Hall–Kier alpha value is -1.01. The third-order valence-corrected chi connectivity index (χ3v) is 1.56. The highest BCUT2D eigenvalue weighted by atomic mass is 16.3. The number of carbonyl (C=O) groups is 1. The maximum Gasteiger partial charge on any atom is 0.296 e. The number of aliphatic hydroxyl groups excluding tert-OH is 1. The zero-order chi connectivity index (χ0) is 9.56. The fourth-order valence-corrected chi connectivity index (χ4v) is 0.741. The number of amides is 1. The van der Waals surface area contributed by atoms with Gasteiger partial charge in [0.1, 0.15) is 0 Å². The summed E-state index contributed by atoms with van der Waals surface area (Å²) in [5.74, 6) is 4.74. The first-order valence-electron chi connectivity index (χ1n) is 3.96. The van der Waals surface area contributed by atoms with Crippen LogP contribution in [0.4, 0.5) is 0 Å². The van der Waals surface area contributed by atoms with Crippen LogP contribution in [-0.2, 0) is 4.79 Å². The van der Waals surface area contributed by atoms with E-state index in [0.29, 0.717) is 0 Å². The van der Waals surface area contributed by atoms with Crippen molar-refractivity contribution in [1.82, 2.24) is 5.32 Å². The molecule has 0 saturated carbocycles. The normalized spacial score (nSPS) is 11.8. The maximum absolute atomic E-state index is 10.9. The lowest BCUT2D eigenvalue weighted by atomic mass is 10.1. The number of nitrogens with one attached hydrogen (secondary N) is 1. The van der Waals surface area contributed by atoms with E-state index in [4.69, 9.17) is 5.11 Å². The molecule has 1 unspecified atom stereocenters. The van der Waals surface area contributed by atoms with E-state index in [0.717, 1.165) is 0 Å². The second-order valence-corrected chi connectivity index (χ2v) is 2.88. The molecular formula is C9H15NO2. The van der Waals surface area contributed by atoms with Crippen molar-refractivity contribution in [1.29, 1.82) is 0 Å². The van der Waals surface area contributed by atoms with Crippen LogP contribution in [0.3, 0.4) is 0 Å². The van der Waals surface area contributed by atoms with Crippen molar-refractivity contribution in [2.24, 2.45) is 5.92 Å². The molecule has 0 aromatic heterocycles. The Morgan fingerprint density at radius 3 is 2.50 bits per heavy atom. The SMILES string of the molecule is CC#CC(=O)NC(CO)C(C)C. The average molecular weight is 169 g/mol. The Bertz CT molecular complexity index is 200. The molecule has 0 aromatic rings. The molecule has 0 rings (SSSR count). The third kappa shape index (κ3) is 3.99. The lowest BCUT2D eigenvalue weighted by Crippen LogP contribution is -2.40. The van der Waals surface area contributed by atoms with Gasteiger partial charge in [0.05, 0.1) is 12.6 Å². The summed E-state index contributed by atoms with van der Waals surface area (Å²) in [6.45, 7) is 5.42. The molecule has 0 spiro atoms. The van der Waals surface area contributed by atoms with E-state index in [9.17, 15) is 4.79 Å². The predicted octanol–water partition coefficient (Wildman–Crippen LogP) is 0.143. The molecule has 2 N–H and O–H groups in total. The molecule has 0 bridgehead atoms. The highest BCUT2D eigenvalue weighted by Gasteiger charge is 2.12. The van der Waals surface area contributed by atoms with Crippen LogP contribution < -0.4 is 5.32 Å². The molecule has 0 fully saturated rings. The van der Waals surface area contributed by atoms with Crippen LogP contribution in [0, 0.1) is 17.8 Å². The van der Waals surface area contributed by atoms with E-state index in [1.54, 1.807) is 6.92 Å². The molecule has 0 radical (unpaired) electrons. The first kappa shape index (κ1) is 11.0. The van der Waals surface area contributed by atoms with Crippen LogP contribution in [0.25, 0.3) is 0 Å². The van der Waals surface area contributed by atoms with Crippen LogP contribution in [0.15, 0.2) is 0 Å². The summed E-state index contributed by atoms with van der Waals surface area (Å²) in [5, 5.41) is 11.5. The van der Waals surface area contributed by atoms with Gasteiger partial charge in [-0.2, -0.15) is 0 Å². The van der Waals surface area contributed by atoms with E-state index >= 15 is 0 Å². The molecule has 0 aromatic carbocycles. The molecule has 0 saturated heterocycles. The molecule has 0 aliphatic carbocycles. The Labute approximate surface area is 73.2 Å². The Morgan fingerprint density at radius 2 is 2.17 bits per heavy atom. The van der Waals surface area contributed by atoms with E-state index < -0.39 is 0 Å². The largest absolute Gasteiger partial charge is 0.394 e. The first-order valence-corrected chi connectivity index (χ1v) is 3.96. The number of hydrogen-bond donors (Lipinski definition) is 2. The predicted molar refractivity (Wildman–Crippen MR) is 47.3 cm³/mol. The fraction of sp³-hybridized carbons (Fsp3) is 0.667. The molecule has 3 nitrogen and oxygen atoms in total. The van der Waals surface area contributed by atoms with Crippen molar-refractivity contribution >= 4 is 5.91 Å².